The van der Waals surface area contributed by atoms with Crippen molar-refractivity contribution >= 4 is 18.0 Å². The van der Waals surface area contributed by atoms with Gasteiger partial charge >= 0.3 is 12.1 Å². The zero-order chi connectivity index (χ0) is 25.5. The highest BCUT2D eigenvalue weighted by Crippen LogP contribution is 2.44. The van der Waals surface area contributed by atoms with Gasteiger partial charge in [-0.15, -0.1) is 0 Å². The van der Waals surface area contributed by atoms with Crippen molar-refractivity contribution in [2.75, 3.05) is 6.61 Å². The molecule has 0 saturated carbocycles. The molecule has 35 heavy (non-hydrogen) atoms. The number of carbonyl (C=O) groups is 3. The van der Waals surface area contributed by atoms with E-state index in [1.807, 2.05) is 64.1 Å². The smallest absolute Gasteiger partial charge is 0.407 e. The number of alkyl carbamates (subject to hydrolysis) is 1. The zero-order valence-electron chi connectivity index (χ0n) is 20.9. The molecular weight excluding hydrogens is 444 g/mol. The number of ether oxygens (including phenoxy) is 1. The minimum Gasteiger partial charge on any atom is -0.480 e. The van der Waals surface area contributed by atoms with Gasteiger partial charge in [-0.3, -0.25) is 4.79 Å². The van der Waals surface area contributed by atoms with Crippen LogP contribution in [0.3, 0.4) is 0 Å². The van der Waals surface area contributed by atoms with Gasteiger partial charge in [0, 0.05) is 5.92 Å². The first-order valence-electron chi connectivity index (χ1n) is 12.4. The fourth-order valence-electron chi connectivity index (χ4n) is 4.55. The lowest BCUT2D eigenvalue weighted by Crippen LogP contribution is -2.52. The van der Waals surface area contributed by atoms with E-state index in [-0.39, 0.29) is 24.4 Å². The normalized spacial score (nSPS) is 15.0. The third kappa shape index (κ3) is 6.62. The van der Waals surface area contributed by atoms with Crippen molar-refractivity contribution in [1.82, 2.24) is 10.6 Å². The van der Waals surface area contributed by atoms with E-state index in [0.29, 0.717) is 12.8 Å². The van der Waals surface area contributed by atoms with Crippen LogP contribution in [-0.2, 0) is 14.3 Å². The molecule has 3 atom stereocenters. The molecule has 0 heterocycles. The Hall–Kier alpha value is -3.35. The third-order valence-electron chi connectivity index (χ3n) is 6.61. The molecule has 3 rings (SSSR count). The van der Waals surface area contributed by atoms with Gasteiger partial charge in [-0.1, -0.05) is 82.6 Å². The zero-order valence-corrected chi connectivity index (χ0v) is 20.9. The average molecular weight is 481 g/mol. The standard InChI is InChI=1S/C28H36N2O5/c1-5-18(4)15-25(27(32)33)29-26(31)24(14-17(2)3)30-28(34)35-16-23-21-12-8-6-10-19(21)20-11-7-9-13-22(20)23/h6-13,17-18,23-25H,5,14-16H2,1-4H3,(H,29,31)(H,30,34)(H,32,33)/t18?,24-,25?/m1/s1. The molecule has 1 aliphatic rings. The van der Waals surface area contributed by atoms with Crippen molar-refractivity contribution in [3.63, 3.8) is 0 Å². The van der Waals surface area contributed by atoms with Gasteiger partial charge in [0.2, 0.25) is 5.91 Å². The molecular formula is C28H36N2O5. The second-order valence-corrected chi connectivity index (χ2v) is 9.80. The monoisotopic (exact) mass is 480 g/mol. The van der Waals surface area contributed by atoms with Crippen LogP contribution in [0.15, 0.2) is 48.5 Å². The molecule has 0 saturated heterocycles. The predicted molar refractivity (Wildman–Crippen MR) is 135 cm³/mol. The van der Waals surface area contributed by atoms with Crippen LogP contribution in [-0.4, -0.2) is 41.8 Å². The summed E-state index contributed by atoms with van der Waals surface area (Å²) in [5, 5.41) is 14.8. The number of benzene rings is 2. The van der Waals surface area contributed by atoms with Gasteiger partial charge in [0.1, 0.15) is 18.7 Å². The number of amides is 2. The van der Waals surface area contributed by atoms with E-state index in [1.54, 1.807) is 0 Å². The van der Waals surface area contributed by atoms with Crippen molar-refractivity contribution in [2.45, 2.75) is 65.0 Å². The summed E-state index contributed by atoms with van der Waals surface area (Å²) in [6, 6.07) is 14.3. The minimum absolute atomic E-state index is 0.0857. The second-order valence-electron chi connectivity index (χ2n) is 9.80. The first-order valence-corrected chi connectivity index (χ1v) is 12.4. The number of hydrogen-bond donors (Lipinski definition) is 3. The number of carboxylic acid groups (broad SMARTS) is 1. The maximum Gasteiger partial charge on any atom is 0.407 e. The van der Waals surface area contributed by atoms with Crippen LogP contribution in [0.2, 0.25) is 0 Å². The van der Waals surface area contributed by atoms with Crippen molar-refractivity contribution in [3.05, 3.63) is 59.7 Å². The summed E-state index contributed by atoms with van der Waals surface area (Å²) in [5.41, 5.74) is 4.48. The summed E-state index contributed by atoms with van der Waals surface area (Å²) < 4.78 is 5.59. The number of nitrogens with one attached hydrogen (secondary N) is 2. The molecule has 3 N–H and O–H groups in total. The molecule has 2 aromatic carbocycles. The van der Waals surface area contributed by atoms with E-state index in [0.717, 1.165) is 28.7 Å². The topological polar surface area (TPSA) is 105 Å². The van der Waals surface area contributed by atoms with Gasteiger partial charge in [-0.2, -0.15) is 0 Å². The number of carbonyl (C=O) groups excluding carboxylic acids is 2. The molecule has 2 amide bonds. The summed E-state index contributed by atoms with van der Waals surface area (Å²) in [6.45, 7) is 7.94. The Bertz CT molecular complexity index is 1010. The molecule has 0 spiro atoms. The summed E-state index contributed by atoms with van der Waals surface area (Å²) in [5.74, 6) is -1.42. The number of hydrogen-bond acceptors (Lipinski definition) is 4. The van der Waals surface area contributed by atoms with Gasteiger partial charge in [0.05, 0.1) is 0 Å². The highest BCUT2D eigenvalue weighted by atomic mass is 16.5. The van der Waals surface area contributed by atoms with Crippen LogP contribution in [0, 0.1) is 11.8 Å². The molecule has 188 valence electrons. The molecule has 0 aromatic heterocycles. The predicted octanol–water partition coefficient (Wildman–Crippen LogP) is 4.95. The number of aliphatic carboxylic acids is 1. The van der Waals surface area contributed by atoms with Crippen LogP contribution in [0.25, 0.3) is 11.1 Å². The molecule has 7 nitrogen and oxygen atoms in total. The Labute approximate surface area is 207 Å². The Morgan fingerprint density at radius 1 is 0.886 bits per heavy atom. The molecule has 2 unspecified atom stereocenters. The van der Waals surface area contributed by atoms with Gasteiger partial charge in [-0.25, -0.2) is 9.59 Å². The molecule has 7 heteroatoms. The maximum absolute atomic E-state index is 12.9. The molecule has 0 fully saturated rings. The molecule has 0 radical (unpaired) electrons. The number of carboxylic acids is 1. The van der Waals surface area contributed by atoms with Crippen LogP contribution in [0.1, 0.15) is 64.0 Å². The van der Waals surface area contributed by atoms with Crippen molar-refractivity contribution in [2.24, 2.45) is 11.8 Å². The van der Waals surface area contributed by atoms with E-state index in [1.165, 1.54) is 0 Å². The van der Waals surface area contributed by atoms with Crippen LogP contribution in [0.4, 0.5) is 4.79 Å². The summed E-state index contributed by atoms with van der Waals surface area (Å²) in [6.07, 6.45) is 0.817. The molecule has 1 aliphatic carbocycles. The van der Waals surface area contributed by atoms with Crippen molar-refractivity contribution in [1.29, 1.82) is 0 Å². The van der Waals surface area contributed by atoms with Gasteiger partial charge < -0.3 is 20.5 Å². The van der Waals surface area contributed by atoms with Gasteiger partial charge in [-0.05, 0) is 46.9 Å². The summed E-state index contributed by atoms with van der Waals surface area (Å²) in [7, 11) is 0. The van der Waals surface area contributed by atoms with Crippen LogP contribution in [0.5, 0.6) is 0 Å². The second kappa shape index (κ2) is 11.9. The fraction of sp³-hybridized carbons (Fsp3) is 0.464. The largest absolute Gasteiger partial charge is 0.480 e. The lowest BCUT2D eigenvalue weighted by molar-refractivity contribution is -0.142. The molecule has 0 bridgehead atoms. The van der Waals surface area contributed by atoms with Crippen molar-refractivity contribution < 1.29 is 24.2 Å². The van der Waals surface area contributed by atoms with Crippen LogP contribution >= 0.6 is 0 Å². The molecule has 0 aliphatic heterocycles. The van der Waals surface area contributed by atoms with E-state index in [9.17, 15) is 19.5 Å². The van der Waals surface area contributed by atoms with E-state index in [2.05, 4.69) is 22.8 Å². The Balaban J connectivity index is 1.66. The van der Waals surface area contributed by atoms with Gasteiger partial charge in [0.15, 0.2) is 0 Å². The van der Waals surface area contributed by atoms with Crippen molar-refractivity contribution in [3.8, 4) is 11.1 Å². The average Bonchev–Trinajstić information content (AvgIpc) is 3.15. The summed E-state index contributed by atoms with van der Waals surface area (Å²) in [4.78, 5) is 37.4. The Morgan fingerprint density at radius 3 is 1.97 bits per heavy atom. The number of rotatable bonds is 11. The maximum atomic E-state index is 12.9. The quantitative estimate of drug-likeness (QED) is 0.422. The highest BCUT2D eigenvalue weighted by Gasteiger charge is 2.31. The van der Waals surface area contributed by atoms with Gasteiger partial charge in [0.25, 0.3) is 0 Å². The third-order valence-corrected chi connectivity index (χ3v) is 6.61. The first kappa shape index (κ1) is 26.3. The minimum atomic E-state index is -1.08. The summed E-state index contributed by atoms with van der Waals surface area (Å²) >= 11 is 0. The fourth-order valence-corrected chi connectivity index (χ4v) is 4.55. The Kier molecular flexibility index (Phi) is 8.90. The number of fused-ring (bicyclic) bond motifs is 3. The van der Waals surface area contributed by atoms with Crippen LogP contribution < -0.4 is 10.6 Å². The van der Waals surface area contributed by atoms with E-state index in [4.69, 9.17) is 4.74 Å². The lowest BCUT2D eigenvalue weighted by Gasteiger charge is -2.24. The highest BCUT2D eigenvalue weighted by molar-refractivity contribution is 5.89. The lowest BCUT2D eigenvalue weighted by atomic mass is 9.98. The Morgan fingerprint density at radius 2 is 1.46 bits per heavy atom. The SMILES string of the molecule is CCC(C)CC(NC(=O)[C@@H](CC(C)C)NC(=O)OCC1c2ccccc2-c2ccccc21)C(=O)O. The van der Waals surface area contributed by atoms with E-state index >= 15 is 0 Å². The van der Waals surface area contributed by atoms with E-state index < -0.39 is 30.1 Å². The molecule has 2 aromatic rings. The first-order chi connectivity index (χ1) is 16.7.